The first kappa shape index (κ1) is 21.5. The Hall–Kier alpha value is -2.82. The molecule has 2 aromatic rings. The van der Waals surface area contributed by atoms with Crippen LogP contribution in [0.1, 0.15) is 57.0 Å². The van der Waals surface area contributed by atoms with Crippen molar-refractivity contribution in [2.24, 2.45) is 0 Å². The minimum atomic E-state index is -0.312. The largest absolute Gasteiger partial charge is 0.483 e. The molecule has 0 radical (unpaired) electrons. The summed E-state index contributed by atoms with van der Waals surface area (Å²) in [4.78, 5) is 24.9. The van der Waals surface area contributed by atoms with Crippen molar-refractivity contribution in [2.75, 3.05) is 11.9 Å². The normalized spacial score (nSPS) is 12.2. The second-order valence-electron chi connectivity index (χ2n) is 7.91. The second-order valence-corrected chi connectivity index (χ2v) is 7.91. The molecule has 2 aromatic carbocycles. The maximum atomic E-state index is 12.5. The van der Waals surface area contributed by atoms with Crippen LogP contribution in [-0.4, -0.2) is 24.5 Å². The Labute approximate surface area is 167 Å². The zero-order valence-corrected chi connectivity index (χ0v) is 17.3. The minimum Gasteiger partial charge on any atom is -0.483 e. The van der Waals surface area contributed by atoms with Crippen LogP contribution in [0.2, 0.25) is 0 Å². The number of carbonyl (C=O) groups is 2. The molecule has 0 aliphatic carbocycles. The van der Waals surface area contributed by atoms with E-state index >= 15 is 0 Å². The standard InChI is InChI=1S/C23H30N2O3/c1-6-16(2)24-22(27)17-11-7-9-13-19(17)25-21(26)15-28-20-14-10-8-12-18(20)23(3,4)5/h7-14,16H,6,15H2,1-5H3,(H,24,27)(H,25,26). The Bertz CT molecular complexity index is 825. The van der Waals surface area contributed by atoms with Crippen LogP contribution < -0.4 is 15.4 Å². The summed E-state index contributed by atoms with van der Waals surface area (Å²) in [6, 6.07) is 14.7. The van der Waals surface area contributed by atoms with Crippen LogP contribution in [0.25, 0.3) is 0 Å². The lowest BCUT2D eigenvalue weighted by Crippen LogP contribution is -2.33. The van der Waals surface area contributed by atoms with Gasteiger partial charge < -0.3 is 15.4 Å². The lowest BCUT2D eigenvalue weighted by Gasteiger charge is -2.22. The van der Waals surface area contributed by atoms with E-state index in [2.05, 4.69) is 31.4 Å². The molecule has 0 fully saturated rings. The van der Waals surface area contributed by atoms with Gasteiger partial charge in [-0.25, -0.2) is 0 Å². The predicted octanol–water partition coefficient (Wildman–Crippen LogP) is 4.53. The van der Waals surface area contributed by atoms with Gasteiger partial charge in [-0.2, -0.15) is 0 Å². The van der Waals surface area contributed by atoms with Crippen molar-refractivity contribution >= 4 is 17.5 Å². The molecule has 2 amide bonds. The zero-order chi connectivity index (χ0) is 20.7. The highest BCUT2D eigenvalue weighted by molar-refractivity contribution is 6.04. The van der Waals surface area contributed by atoms with E-state index in [1.54, 1.807) is 24.3 Å². The zero-order valence-electron chi connectivity index (χ0n) is 17.3. The third-order valence-electron chi connectivity index (χ3n) is 4.49. The van der Waals surface area contributed by atoms with Crippen LogP contribution in [0, 0.1) is 0 Å². The lowest BCUT2D eigenvalue weighted by molar-refractivity contribution is -0.118. The molecule has 1 atom stereocenters. The number of carbonyl (C=O) groups excluding carboxylic acids is 2. The molecular weight excluding hydrogens is 352 g/mol. The number of para-hydroxylation sites is 2. The predicted molar refractivity (Wildman–Crippen MR) is 113 cm³/mol. The maximum Gasteiger partial charge on any atom is 0.262 e. The van der Waals surface area contributed by atoms with Crippen LogP contribution in [-0.2, 0) is 10.2 Å². The highest BCUT2D eigenvalue weighted by Crippen LogP contribution is 2.30. The van der Waals surface area contributed by atoms with Crippen LogP contribution in [0.4, 0.5) is 5.69 Å². The summed E-state index contributed by atoms with van der Waals surface area (Å²) in [5.74, 6) is 0.171. The van der Waals surface area contributed by atoms with Gasteiger partial charge in [0.15, 0.2) is 6.61 Å². The monoisotopic (exact) mass is 382 g/mol. The highest BCUT2D eigenvalue weighted by atomic mass is 16.5. The van der Waals surface area contributed by atoms with Gasteiger partial charge in [-0.1, -0.05) is 58.0 Å². The first-order valence-corrected chi connectivity index (χ1v) is 9.64. The van der Waals surface area contributed by atoms with Crippen molar-refractivity contribution in [3.05, 3.63) is 59.7 Å². The Kier molecular flexibility index (Phi) is 7.21. The Morgan fingerprint density at radius 2 is 1.68 bits per heavy atom. The summed E-state index contributed by atoms with van der Waals surface area (Å²) >= 11 is 0. The quantitative estimate of drug-likeness (QED) is 0.739. The fourth-order valence-corrected chi connectivity index (χ4v) is 2.74. The smallest absolute Gasteiger partial charge is 0.262 e. The van der Waals surface area contributed by atoms with E-state index in [9.17, 15) is 9.59 Å². The molecule has 0 aliphatic heterocycles. The molecule has 0 spiro atoms. The van der Waals surface area contributed by atoms with E-state index in [1.165, 1.54) is 0 Å². The van der Waals surface area contributed by atoms with E-state index in [1.807, 2.05) is 38.1 Å². The molecule has 0 aromatic heterocycles. The minimum absolute atomic E-state index is 0.0634. The molecule has 150 valence electrons. The first-order chi connectivity index (χ1) is 13.2. The second kappa shape index (κ2) is 9.40. The molecule has 1 unspecified atom stereocenters. The number of ether oxygens (including phenoxy) is 1. The number of amides is 2. The van der Waals surface area contributed by atoms with Crippen LogP contribution in [0.5, 0.6) is 5.75 Å². The summed E-state index contributed by atoms with van der Waals surface area (Å²) in [7, 11) is 0. The van der Waals surface area contributed by atoms with Crippen molar-refractivity contribution in [3.8, 4) is 5.75 Å². The summed E-state index contributed by atoms with van der Waals surface area (Å²) in [6.07, 6.45) is 0.835. The Morgan fingerprint density at radius 3 is 2.36 bits per heavy atom. The number of anilines is 1. The molecule has 0 aliphatic rings. The lowest BCUT2D eigenvalue weighted by atomic mass is 9.86. The van der Waals surface area contributed by atoms with E-state index in [4.69, 9.17) is 4.74 Å². The number of hydrogen-bond acceptors (Lipinski definition) is 3. The van der Waals surface area contributed by atoms with Gasteiger partial charge in [0.25, 0.3) is 11.8 Å². The van der Waals surface area contributed by atoms with Crippen LogP contribution in [0.3, 0.4) is 0 Å². The van der Waals surface area contributed by atoms with Crippen molar-refractivity contribution in [3.63, 3.8) is 0 Å². The number of rotatable bonds is 7. The van der Waals surface area contributed by atoms with Crippen molar-refractivity contribution in [2.45, 2.75) is 52.5 Å². The molecule has 5 nitrogen and oxygen atoms in total. The fourth-order valence-electron chi connectivity index (χ4n) is 2.74. The van der Waals surface area contributed by atoms with Crippen molar-refractivity contribution in [1.82, 2.24) is 5.32 Å². The average Bonchev–Trinajstić information content (AvgIpc) is 2.66. The van der Waals surface area contributed by atoms with E-state index in [-0.39, 0.29) is 29.9 Å². The molecule has 28 heavy (non-hydrogen) atoms. The topological polar surface area (TPSA) is 67.4 Å². The summed E-state index contributed by atoms with van der Waals surface area (Å²) < 4.78 is 5.77. The SMILES string of the molecule is CCC(C)NC(=O)c1ccccc1NC(=O)COc1ccccc1C(C)(C)C. The van der Waals surface area contributed by atoms with Crippen LogP contribution >= 0.6 is 0 Å². The highest BCUT2D eigenvalue weighted by Gasteiger charge is 2.19. The number of hydrogen-bond donors (Lipinski definition) is 2. The van der Waals surface area contributed by atoms with Gasteiger partial charge in [0.05, 0.1) is 11.3 Å². The molecule has 0 saturated heterocycles. The van der Waals surface area contributed by atoms with Gasteiger partial charge in [-0.05, 0) is 42.5 Å². The molecular formula is C23H30N2O3. The summed E-state index contributed by atoms with van der Waals surface area (Å²) in [5.41, 5.74) is 1.86. The first-order valence-electron chi connectivity index (χ1n) is 9.64. The maximum absolute atomic E-state index is 12.5. The van der Waals surface area contributed by atoms with Crippen molar-refractivity contribution < 1.29 is 14.3 Å². The van der Waals surface area contributed by atoms with Gasteiger partial charge in [-0.15, -0.1) is 0 Å². The van der Waals surface area contributed by atoms with Crippen molar-refractivity contribution in [1.29, 1.82) is 0 Å². The van der Waals surface area contributed by atoms with Gasteiger partial charge >= 0.3 is 0 Å². The third kappa shape index (κ3) is 5.84. The van der Waals surface area contributed by atoms with E-state index < -0.39 is 0 Å². The van der Waals surface area contributed by atoms with Gasteiger partial charge in [0.1, 0.15) is 5.75 Å². The average molecular weight is 383 g/mol. The summed E-state index contributed by atoms with van der Waals surface area (Å²) in [6.45, 7) is 10.1. The Morgan fingerprint density at radius 1 is 1.04 bits per heavy atom. The van der Waals surface area contributed by atoms with Gasteiger partial charge in [0.2, 0.25) is 0 Å². The van der Waals surface area contributed by atoms with Gasteiger partial charge in [-0.3, -0.25) is 9.59 Å². The molecule has 5 heteroatoms. The third-order valence-corrected chi connectivity index (χ3v) is 4.49. The van der Waals surface area contributed by atoms with E-state index in [0.29, 0.717) is 17.0 Å². The molecule has 2 N–H and O–H groups in total. The fraction of sp³-hybridized carbons (Fsp3) is 0.391. The number of benzene rings is 2. The van der Waals surface area contributed by atoms with Crippen LogP contribution in [0.15, 0.2) is 48.5 Å². The summed E-state index contributed by atoms with van der Waals surface area (Å²) in [5, 5.41) is 5.71. The number of nitrogens with one attached hydrogen (secondary N) is 2. The van der Waals surface area contributed by atoms with Gasteiger partial charge in [0, 0.05) is 6.04 Å². The Balaban J connectivity index is 2.06. The molecule has 2 rings (SSSR count). The van der Waals surface area contributed by atoms with E-state index in [0.717, 1.165) is 12.0 Å². The molecule has 0 bridgehead atoms. The molecule has 0 heterocycles. The molecule has 0 saturated carbocycles.